The third-order valence-corrected chi connectivity index (χ3v) is 11.5. The quantitative estimate of drug-likeness (QED) is 0.183. The fourth-order valence-electron chi connectivity index (χ4n) is 8.49. The number of cyclic esters (lactones) is 1. The van der Waals surface area contributed by atoms with Crippen LogP contribution in [0.25, 0.3) is 6.08 Å². The fraction of sp³-hybridized carbons (Fsp3) is 0.675. The van der Waals surface area contributed by atoms with Crippen molar-refractivity contribution in [3.05, 3.63) is 57.7 Å². The topological polar surface area (TPSA) is 179 Å². The predicted molar refractivity (Wildman–Crippen MR) is 204 cm³/mol. The summed E-state index contributed by atoms with van der Waals surface area (Å²) in [6.45, 7) is 14.5. The molecule has 0 bridgehead atoms. The fourth-order valence-corrected chi connectivity index (χ4v) is 8.49. The van der Waals surface area contributed by atoms with E-state index in [1.54, 1.807) is 58.2 Å². The lowest BCUT2D eigenvalue weighted by Crippen LogP contribution is -2.60. The molecule has 0 saturated carbocycles. The number of amides is 1. The molecule has 15 nitrogen and oxygen atoms in total. The normalized spacial score (nSPS) is 37.6. The average molecular weight is 773 g/mol. The van der Waals surface area contributed by atoms with Crippen molar-refractivity contribution in [1.29, 1.82) is 0 Å². The summed E-state index contributed by atoms with van der Waals surface area (Å²) in [7, 11) is 5.33. The molecule has 1 amide bonds. The number of ether oxygens (including phenoxy) is 5. The minimum Gasteiger partial charge on any atom is -0.455 e. The number of ketones is 1. The molecule has 1 aromatic rings. The molecule has 4 rings (SSSR count). The molecule has 0 aromatic heterocycles. The van der Waals surface area contributed by atoms with Gasteiger partial charge in [-0.15, -0.1) is 0 Å². The smallest absolute Gasteiger partial charge is 0.425 e. The van der Waals surface area contributed by atoms with E-state index in [2.05, 4.69) is 5.43 Å². The Labute approximate surface area is 324 Å². The molecule has 1 aromatic carbocycles. The number of carbonyl (C=O) groups is 3. The lowest BCUT2D eigenvalue weighted by molar-refractivity contribution is -0.384. The number of methoxy groups -OCH3 is 1. The summed E-state index contributed by atoms with van der Waals surface area (Å²) in [5, 5.41) is 23.7. The molecule has 306 valence electrons. The van der Waals surface area contributed by atoms with Crippen LogP contribution in [0.4, 0.5) is 10.5 Å². The Morgan fingerprint density at radius 3 is 2.36 bits per heavy atom. The third kappa shape index (κ3) is 9.63. The van der Waals surface area contributed by atoms with Gasteiger partial charge in [0.05, 0.1) is 22.7 Å². The second kappa shape index (κ2) is 18.0. The van der Waals surface area contributed by atoms with Crippen LogP contribution in [0, 0.1) is 27.9 Å². The van der Waals surface area contributed by atoms with Crippen molar-refractivity contribution in [2.75, 3.05) is 27.7 Å². The third-order valence-electron chi connectivity index (χ3n) is 11.5. The van der Waals surface area contributed by atoms with Crippen LogP contribution in [0.3, 0.4) is 0 Å². The summed E-state index contributed by atoms with van der Waals surface area (Å²) in [5.74, 6) is -2.68. The van der Waals surface area contributed by atoms with Gasteiger partial charge in [0, 0.05) is 55.2 Å². The van der Waals surface area contributed by atoms with Crippen LogP contribution in [0.5, 0.6) is 0 Å². The van der Waals surface area contributed by atoms with E-state index < -0.39 is 76.6 Å². The van der Waals surface area contributed by atoms with Crippen molar-refractivity contribution < 1.29 is 48.1 Å². The highest BCUT2D eigenvalue weighted by Crippen LogP contribution is 2.42. The van der Waals surface area contributed by atoms with Gasteiger partial charge in [-0.2, -0.15) is 0 Å². The van der Waals surface area contributed by atoms with Crippen LogP contribution in [-0.4, -0.2) is 120 Å². The zero-order chi connectivity index (χ0) is 41.0. The van der Waals surface area contributed by atoms with E-state index in [9.17, 15) is 29.6 Å². The van der Waals surface area contributed by atoms with Gasteiger partial charge in [0.1, 0.15) is 24.0 Å². The van der Waals surface area contributed by atoms with Crippen LogP contribution < -0.4 is 5.43 Å². The summed E-state index contributed by atoms with van der Waals surface area (Å²) in [6.07, 6.45) is 1.70. The van der Waals surface area contributed by atoms with Gasteiger partial charge >= 0.3 is 12.1 Å². The van der Waals surface area contributed by atoms with Crippen LogP contribution in [-0.2, 0) is 33.3 Å². The molecule has 2 N–H and O–H groups in total. The number of hydrogen-bond acceptors (Lipinski definition) is 13. The lowest BCUT2D eigenvalue weighted by atomic mass is 9.74. The van der Waals surface area contributed by atoms with E-state index in [4.69, 9.17) is 23.7 Å². The maximum absolute atomic E-state index is 14.6. The number of Topliss-reactive ketones (excluding diaryl/α,β-unsaturated/α-hetero) is 1. The van der Waals surface area contributed by atoms with E-state index >= 15 is 0 Å². The summed E-state index contributed by atoms with van der Waals surface area (Å²) < 4.78 is 31.2. The predicted octanol–water partition coefficient (Wildman–Crippen LogP) is 5.06. The van der Waals surface area contributed by atoms with Crippen molar-refractivity contribution in [3.63, 3.8) is 0 Å². The van der Waals surface area contributed by atoms with Crippen molar-refractivity contribution in [2.24, 2.45) is 17.8 Å². The number of carbonyl (C=O) groups excluding carboxylic acids is 3. The van der Waals surface area contributed by atoms with Gasteiger partial charge in [-0.05, 0) is 78.7 Å². The highest BCUT2D eigenvalue weighted by molar-refractivity contribution is 5.88. The van der Waals surface area contributed by atoms with Crippen molar-refractivity contribution in [3.8, 4) is 0 Å². The number of non-ortho nitro benzene ring substituents is 1. The Bertz CT molecular complexity index is 1600. The number of aliphatic hydroxyl groups is 1. The molecule has 2 fully saturated rings. The second-order valence-electron chi connectivity index (χ2n) is 15.9. The molecule has 1 unspecified atom stereocenters. The van der Waals surface area contributed by atoms with E-state index in [-0.39, 0.29) is 43.0 Å². The first kappa shape index (κ1) is 44.0. The molecule has 15 heteroatoms. The van der Waals surface area contributed by atoms with Gasteiger partial charge < -0.3 is 33.7 Å². The number of esters is 1. The Morgan fingerprint density at radius 2 is 1.78 bits per heavy atom. The number of nitro benzene ring substituents is 1. The highest BCUT2D eigenvalue weighted by Gasteiger charge is 2.60. The standard InChI is InChI=1S/C40H60N4O11/c1-12-31-40(8)34(43(38(48)55-40)41-19-13-14-28-15-17-29(18-16-28)44(49)50)27(6)32(45)25(4)22-39(7,51-11)35(23(2)20-24(3)36(47)53-31)54-37-33(46)30(42(9)10)21-26(5)52-37/h13-18,20,23,25-27,30-31,33-35,37,41,46H,12,19,21-22H2,1-11H3/b14-13+,24-20+/t23-,25+,26+,27-,30-,31?,33+,34+,35+,37-,39+,40+/m0/s1. The highest BCUT2D eigenvalue weighted by atomic mass is 16.7. The lowest BCUT2D eigenvalue weighted by Gasteiger charge is -2.46. The zero-order valence-electron chi connectivity index (χ0n) is 34.0. The number of fused-ring (bicyclic) bond motifs is 1. The van der Waals surface area contributed by atoms with Crippen LogP contribution in [0.1, 0.15) is 80.2 Å². The molecular formula is C40H60N4O11. The van der Waals surface area contributed by atoms with Gasteiger partial charge in [-0.3, -0.25) is 14.9 Å². The molecule has 55 heavy (non-hydrogen) atoms. The number of likely N-dealkylation sites (N-methyl/N-ethyl adjacent to an activating group) is 1. The first-order valence-electron chi connectivity index (χ1n) is 19.1. The van der Waals surface area contributed by atoms with Gasteiger partial charge in [-0.25, -0.2) is 20.0 Å². The van der Waals surface area contributed by atoms with Crippen LogP contribution >= 0.6 is 0 Å². The molecule has 3 heterocycles. The maximum atomic E-state index is 14.6. The summed E-state index contributed by atoms with van der Waals surface area (Å²) >= 11 is 0. The maximum Gasteiger partial charge on any atom is 0.425 e. The van der Waals surface area contributed by atoms with Gasteiger partial charge in [-0.1, -0.05) is 45.9 Å². The molecule has 2 saturated heterocycles. The van der Waals surface area contributed by atoms with E-state index in [0.717, 1.165) is 0 Å². The second-order valence-corrected chi connectivity index (χ2v) is 15.9. The summed E-state index contributed by atoms with van der Waals surface area (Å²) in [6, 6.07) is 4.91. The van der Waals surface area contributed by atoms with Gasteiger partial charge in [0.15, 0.2) is 11.9 Å². The first-order chi connectivity index (χ1) is 25.8. The number of hydrogen-bond donors (Lipinski definition) is 2. The Morgan fingerprint density at radius 1 is 1.13 bits per heavy atom. The van der Waals surface area contributed by atoms with Crippen molar-refractivity contribution in [1.82, 2.24) is 15.3 Å². The van der Waals surface area contributed by atoms with Gasteiger partial charge in [0.2, 0.25) is 0 Å². The summed E-state index contributed by atoms with van der Waals surface area (Å²) in [4.78, 5) is 54.6. The Kier molecular flexibility index (Phi) is 14.4. The number of rotatable bonds is 10. The number of nitrogens with one attached hydrogen (secondary N) is 1. The molecule has 3 aliphatic heterocycles. The number of nitro groups is 1. The minimum absolute atomic E-state index is 0.0267. The van der Waals surface area contributed by atoms with Gasteiger partial charge in [0.25, 0.3) is 5.69 Å². The van der Waals surface area contributed by atoms with Crippen molar-refractivity contribution in [2.45, 2.75) is 129 Å². The number of aliphatic hydroxyl groups excluding tert-OH is 1. The molecule has 0 spiro atoms. The van der Waals surface area contributed by atoms with E-state index in [1.165, 1.54) is 17.1 Å². The van der Waals surface area contributed by atoms with E-state index in [1.807, 2.05) is 53.6 Å². The molecule has 12 atom stereocenters. The molecule has 0 radical (unpaired) electrons. The number of nitrogens with zero attached hydrogens (tertiary/aromatic N) is 3. The van der Waals surface area contributed by atoms with Crippen LogP contribution in [0.15, 0.2) is 42.0 Å². The van der Waals surface area contributed by atoms with Crippen LogP contribution in [0.2, 0.25) is 0 Å². The number of benzene rings is 1. The number of hydrazine groups is 1. The zero-order valence-corrected chi connectivity index (χ0v) is 34.0. The largest absolute Gasteiger partial charge is 0.455 e. The molecule has 3 aliphatic rings. The SMILES string of the molecule is CCC1OC(=O)/C(C)=C/[C@H](C)[C@@H](O[C@@H]2O[C@H](C)C[C@H](N(C)C)[C@H]2O)[C@](C)(OC)C[C@@H](C)C(=O)[C@H](C)[C@H]2N(NC/C=C/c3ccc([N+](=O)[O-])cc3)C(=O)O[C@]12C. The Balaban J connectivity index is 1.70. The monoisotopic (exact) mass is 772 g/mol. The first-order valence-corrected chi connectivity index (χ1v) is 19.1. The average Bonchev–Trinajstić information content (AvgIpc) is 3.39. The summed E-state index contributed by atoms with van der Waals surface area (Å²) in [5.41, 5.74) is 1.54. The van der Waals surface area contributed by atoms with Crippen molar-refractivity contribution >= 4 is 29.6 Å². The molecule has 0 aliphatic carbocycles. The Hall–Kier alpha value is -3.73. The van der Waals surface area contributed by atoms with E-state index in [0.29, 0.717) is 17.6 Å². The molecular weight excluding hydrogens is 712 g/mol. The minimum atomic E-state index is -1.42.